The number of sulfonamides is 1. The second-order valence-corrected chi connectivity index (χ2v) is 8.97. The molecule has 0 aliphatic carbocycles. The first kappa shape index (κ1) is 18.4. The third kappa shape index (κ3) is 3.02. The second kappa shape index (κ2) is 7.00. The molecule has 1 N–H and O–H groups in total. The smallest absolute Gasteiger partial charge is 0.265 e. The summed E-state index contributed by atoms with van der Waals surface area (Å²) >= 11 is 0. The number of hydrogen-bond donors (Lipinski definition) is 1. The molecule has 4 aromatic carbocycles. The van der Waals surface area contributed by atoms with Gasteiger partial charge in [-0.15, -0.1) is 0 Å². The molecule has 1 heterocycles. The molecule has 0 radical (unpaired) electrons. The van der Waals surface area contributed by atoms with E-state index in [1.54, 1.807) is 30.3 Å². The number of carbonyl (C=O) groups is 1. The molecule has 5 rings (SSSR count). The Morgan fingerprint density at radius 3 is 2.27 bits per heavy atom. The van der Waals surface area contributed by atoms with E-state index in [1.807, 2.05) is 60.7 Å². The summed E-state index contributed by atoms with van der Waals surface area (Å²) in [6.07, 6.45) is 0. The lowest BCUT2D eigenvalue weighted by atomic mass is 10.0. The van der Waals surface area contributed by atoms with Crippen molar-refractivity contribution in [2.75, 3.05) is 16.2 Å². The Morgan fingerprint density at radius 1 is 0.767 bits per heavy atom. The van der Waals surface area contributed by atoms with E-state index in [9.17, 15) is 13.2 Å². The number of nitrogens with zero attached hydrogens (tertiary/aromatic N) is 1. The molecule has 1 aliphatic rings. The summed E-state index contributed by atoms with van der Waals surface area (Å²) in [5.74, 6) is -0.400. The van der Waals surface area contributed by atoms with Crippen LogP contribution in [-0.2, 0) is 14.8 Å². The van der Waals surface area contributed by atoms with Gasteiger partial charge >= 0.3 is 0 Å². The molecule has 0 fully saturated rings. The minimum absolute atomic E-state index is 0.210. The molecule has 30 heavy (non-hydrogen) atoms. The maximum Gasteiger partial charge on any atom is 0.265 e. The number of benzene rings is 4. The zero-order valence-electron chi connectivity index (χ0n) is 15.9. The van der Waals surface area contributed by atoms with E-state index < -0.39 is 15.9 Å². The molecule has 1 amide bonds. The Kier molecular flexibility index (Phi) is 4.29. The molecule has 0 atom stereocenters. The molecular weight excluding hydrogens is 396 g/mol. The summed E-state index contributed by atoms with van der Waals surface area (Å²) in [7, 11) is -3.85. The lowest BCUT2D eigenvalue weighted by molar-refractivity contribution is -0.114. The number of nitrogens with one attached hydrogen (secondary N) is 1. The number of para-hydroxylation sites is 1. The van der Waals surface area contributed by atoms with Crippen LogP contribution in [0.5, 0.6) is 0 Å². The van der Waals surface area contributed by atoms with Gasteiger partial charge in [0.15, 0.2) is 0 Å². The number of amides is 1. The quantitative estimate of drug-likeness (QED) is 0.530. The first-order valence-electron chi connectivity index (χ1n) is 9.54. The number of carbonyl (C=O) groups excluding carboxylic acids is 1. The van der Waals surface area contributed by atoms with E-state index in [-0.39, 0.29) is 11.4 Å². The number of anilines is 2. The number of fused-ring (bicyclic) bond motifs is 4. The van der Waals surface area contributed by atoms with E-state index in [1.165, 1.54) is 4.31 Å². The lowest BCUT2D eigenvalue weighted by Crippen LogP contribution is -2.40. The van der Waals surface area contributed by atoms with Crippen molar-refractivity contribution < 1.29 is 13.2 Å². The van der Waals surface area contributed by atoms with Crippen LogP contribution in [0, 0.1) is 0 Å². The molecule has 1 aliphatic heterocycles. The third-order valence-electron chi connectivity index (χ3n) is 5.24. The summed E-state index contributed by atoms with van der Waals surface area (Å²) < 4.78 is 27.7. The molecule has 4 aromatic rings. The minimum atomic E-state index is -3.85. The van der Waals surface area contributed by atoms with Gasteiger partial charge in [-0.3, -0.25) is 9.10 Å². The van der Waals surface area contributed by atoms with Gasteiger partial charge < -0.3 is 5.32 Å². The van der Waals surface area contributed by atoms with Crippen LogP contribution in [0.1, 0.15) is 0 Å². The van der Waals surface area contributed by atoms with Crippen molar-refractivity contribution in [1.82, 2.24) is 0 Å². The first-order valence-corrected chi connectivity index (χ1v) is 11.0. The molecule has 6 heteroatoms. The van der Waals surface area contributed by atoms with E-state index in [4.69, 9.17) is 0 Å². The summed E-state index contributed by atoms with van der Waals surface area (Å²) in [6, 6.07) is 27.6. The Bertz CT molecular complexity index is 1400. The van der Waals surface area contributed by atoms with Crippen molar-refractivity contribution in [2.24, 2.45) is 0 Å². The van der Waals surface area contributed by atoms with Gasteiger partial charge in [0, 0.05) is 16.8 Å². The number of hydrogen-bond acceptors (Lipinski definition) is 3. The van der Waals surface area contributed by atoms with Gasteiger partial charge in [-0.1, -0.05) is 66.7 Å². The zero-order chi connectivity index (χ0) is 20.7. The van der Waals surface area contributed by atoms with Crippen molar-refractivity contribution in [3.8, 4) is 11.1 Å². The molecule has 0 aromatic heterocycles. The molecule has 0 saturated heterocycles. The largest absolute Gasteiger partial charge is 0.324 e. The van der Waals surface area contributed by atoms with E-state index in [0.29, 0.717) is 16.9 Å². The first-order chi connectivity index (χ1) is 14.5. The fourth-order valence-corrected chi connectivity index (χ4v) is 5.50. The molecule has 0 spiro atoms. The van der Waals surface area contributed by atoms with Crippen molar-refractivity contribution in [3.63, 3.8) is 0 Å². The summed E-state index contributed by atoms with van der Waals surface area (Å²) in [4.78, 5) is 13.0. The van der Waals surface area contributed by atoms with Crippen molar-refractivity contribution in [2.45, 2.75) is 4.90 Å². The van der Waals surface area contributed by atoms with Crippen LogP contribution in [-0.4, -0.2) is 20.9 Å². The highest BCUT2D eigenvalue weighted by Gasteiger charge is 2.35. The van der Waals surface area contributed by atoms with Crippen LogP contribution in [0.2, 0.25) is 0 Å². The van der Waals surface area contributed by atoms with Gasteiger partial charge in [-0.05, 0) is 35.0 Å². The van der Waals surface area contributed by atoms with E-state index in [0.717, 1.165) is 16.3 Å². The van der Waals surface area contributed by atoms with Crippen molar-refractivity contribution in [3.05, 3.63) is 91.0 Å². The van der Waals surface area contributed by atoms with Crippen LogP contribution in [0.15, 0.2) is 95.9 Å². The maximum absolute atomic E-state index is 13.3. The molecular formula is C24H18N2O3S. The number of rotatable bonds is 3. The van der Waals surface area contributed by atoms with Gasteiger partial charge in [0.1, 0.15) is 6.54 Å². The average molecular weight is 414 g/mol. The van der Waals surface area contributed by atoms with Crippen LogP contribution in [0.4, 0.5) is 11.4 Å². The van der Waals surface area contributed by atoms with Crippen LogP contribution >= 0.6 is 0 Å². The molecule has 0 saturated carbocycles. The van der Waals surface area contributed by atoms with Crippen molar-refractivity contribution >= 4 is 38.1 Å². The summed E-state index contributed by atoms with van der Waals surface area (Å²) in [6.45, 7) is -0.305. The Labute approximate surface area is 174 Å². The predicted octanol–water partition coefficient (Wildman–Crippen LogP) is 4.65. The SMILES string of the molecule is O=C(CN1c2ccccc2-c2ccccc2S1(=O)=O)Nc1ccc2ccccc2c1. The van der Waals surface area contributed by atoms with Gasteiger partial charge in [0.25, 0.3) is 10.0 Å². The molecule has 0 bridgehead atoms. The fraction of sp³-hybridized carbons (Fsp3) is 0.0417. The highest BCUT2D eigenvalue weighted by Crippen LogP contribution is 2.42. The Morgan fingerprint density at radius 2 is 1.43 bits per heavy atom. The predicted molar refractivity (Wildman–Crippen MR) is 119 cm³/mol. The highest BCUT2D eigenvalue weighted by molar-refractivity contribution is 7.93. The van der Waals surface area contributed by atoms with Gasteiger partial charge in [0.2, 0.25) is 5.91 Å². The highest BCUT2D eigenvalue weighted by atomic mass is 32.2. The third-order valence-corrected chi connectivity index (χ3v) is 7.06. The lowest BCUT2D eigenvalue weighted by Gasteiger charge is -2.31. The van der Waals surface area contributed by atoms with E-state index >= 15 is 0 Å². The second-order valence-electron chi connectivity index (χ2n) is 7.14. The van der Waals surface area contributed by atoms with Crippen LogP contribution in [0.3, 0.4) is 0 Å². The van der Waals surface area contributed by atoms with Gasteiger partial charge in [0.05, 0.1) is 10.6 Å². The summed E-state index contributed by atoms with van der Waals surface area (Å²) in [5.41, 5.74) is 2.58. The minimum Gasteiger partial charge on any atom is -0.324 e. The molecule has 5 nitrogen and oxygen atoms in total. The van der Waals surface area contributed by atoms with Gasteiger partial charge in [-0.2, -0.15) is 0 Å². The monoisotopic (exact) mass is 414 g/mol. The topological polar surface area (TPSA) is 66.5 Å². The Hall–Kier alpha value is -3.64. The van der Waals surface area contributed by atoms with Crippen molar-refractivity contribution in [1.29, 1.82) is 0 Å². The van der Waals surface area contributed by atoms with Gasteiger partial charge in [-0.25, -0.2) is 8.42 Å². The Balaban J connectivity index is 1.48. The average Bonchev–Trinajstić information content (AvgIpc) is 2.77. The summed E-state index contributed by atoms with van der Waals surface area (Å²) in [5, 5.41) is 4.90. The molecule has 0 unspecified atom stereocenters. The standard InChI is InChI=1S/C24H18N2O3S/c27-24(25-19-14-13-17-7-1-2-8-18(17)15-19)16-26-22-11-5-3-9-20(22)21-10-4-6-12-23(21)30(26,28)29/h1-15H,16H2,(H,25,27). The molecule has 148 valence electrons. The van der Waals surface area contributed by atoms with Crippen LogP contribution < -0.4 is 9.62 Å². The normalized spacial score (nSPS) is 14.1. The maximum atomic E-state index is 13.3. The van der Waals surface area contributed by atoms with Crippen LogP contribution in [0.25, 0.3) is 21.9 Å². The fourth-order valence-electron chi connectivity index (χ4n) is 3.85. The zero-order valence-corrected chi connectivity index (χ0v) is 16.8. The van der Waals surface area contributed by atoms with E-state index in [2.05, 4.69) is 5.32 Å².